The summed E-state index contributed by atoms with van der Waals surface area (Å²) >= 11 is 0. The molecule has 0 radical (unpaired) electrons. The first-order chi connectivity index (χ1) is 11.7. The zero-order chi connectivity index (χ0) is 19.3. The molecule has 0 aromatic rings. The molecule has 2 atom stereocenters. The molecule has 0 amide bonds. The molecule has 0 spiro atoms. The predicted molar refractivity (Wildman–Crippen MR) is 106 cm³/mol. The number of hydrogen-bond donors (Lipinski definition) is 3. The van der Waals surface area contributed by atoms with Gasteiger partial charge in [-0.2, -0.15) is 14.7 Å². The second-order valence-corrected chi connectivity index (χ2v) is 10.6. The van der Waals surface area contributed by atoms with E-state index in [0.717, 1.165) is 44.9 Å². The molecule has 0 aliphatic rings. The van der Waals surface area contributed by atoms with Crippen molar-refractivity contribution in [2.24, 2.45) is 0 Å². The molecule has 3 N–H and O–H groups in total. The van der Waals surface area contributed by atoms with Crippen molar-refractivity contribution in [2.75, 3.05) is 0 Å². The molecule has 0 saturated carbocycles. The van der Waals surface area contributed by atoms with E-state index in [0.29, 0.717) is 6.42 Å². The van der Waals surface area contributed by atoms with Crippen LogP contribution in [0.4, 0.5) is 0 Å². The van der Waals surface area contributed by atoms with Crippen LogP contribution in [0.3, 0.4) is 0 Å². The van der Waals surface area contributed by atoms with E-state index in [1.54, 1.807) is 0 Å². The Labute approximate surface area is 153 Å². The molecule has 0 aliphatic heterocycles. The highest BCUT2D eigenvalue weighted by atomic mass is 31.2. The van der Waals surface area contributed by atoms with E-state index in [2.05, 4.69) is 32.9 Å². The summed E-state index contributed by atoms with van der Waals surface area (Å²) < 4.78 is 11.5. The summed E-state index contributed by atoms with van der Waals surface area (Å²) in [5.41, 5.74) is 2.78. The minimum atomic E-state index is -4.22. The Hall–Kier alpha value is -0.440. The van der Waals surface area contributed by atoms with Crippen LogP contribution in [0.25, 0.3) is 0 Å². The average molecular weight is 392 g/mol. The van der Waals surface area contributed by atoms with Crippen LogP contribution in [0.1, 0.15) is 78.6 Å². The molecule has 0 fully saturated rings. The molecule has 5 nitrogen and oxygen atoms in total. The fourth-order valence-electron chi connectivity index (χ4n) is 2.56. The molecule has 0 aliphatic carbocycles. The van der Waals surface area contributed by atoms with Crippen molar-refractivity contribution in [1.82, 2.24) is 0 Å². The third-order valence-corrected chi connectivity index (χ3v) is 7.77. The zero-order valence-corrected chi connectivity index (χ0v) is 17.5. The zero-order valence-electron chi connectivity index (χ0n) is 15.7. The predicted octanol–water partition coefficient (Wildman–Crippen LogP) is 5.49. The van der Waals surface area contributed by atoms with E-state index in [1.165, 1.54) is 11.1 Å². The van der Waals surface area contributed by atoms with Crippen LogP contribution in [0.5, 0.6) is 0 Å². The maximum atomic E-state index is 11.5. The van der Waals surface area contributed by atoms with Crippen LogP contribution in [-0.2, 0) is 9.36 Å². The van der Waals surface area contributed by atoms with E-state index < -0.39 is 21.1 Å². The molecule has 0 bridgehead atoms. The van der Waals surface area contributed by atoms with Crippen molar-refractivity contribution in [2.45, 2.75) is 84.0 Å². The van der Waals surface area contributed by atoms with Gasteiger partial charge in [0.1, 0.15) is 0 Å². The lowest BCUT2D eigenvalue weighted by Gasteiger charge is -2.07. The Kier molecular flexibility index (Phi) is 13.5. The maximum Gasteiger partial charge on any atom is 0.462 e. The quantitative estimate of drug-likeness (QED) is 0.157. The van der Waals surface area contributed by atoms with Crippen LogP contribution < -0.4 is 0 Å². The summed E-state index contributed by atoms with van der Waals surface area (Å²) in [6.07, 6.45) is 12.7. The molecule has 0 heterocycles. The first kappa shape index (κ1) is 24.6. The Morgan fingerprint density at radius 1 is 0.960 bits per heavy atom. The van der Waals surface area contributed by atoms with E-state index >= 15 is 0 Å². The van der Waals surface area contributed by atoms with Crippen LogP contribution in [0.2, 0.25) is 0 Å². The monoisotopic (exact) mass is 392 g/mol. The summed E-state index contributed by atoms with van der Waals surface area (Å²) in [6.45, 7) is 6.39. The van der Waals surface area contributed by atoms with Crippen LogP contribution in [-0.4, -0.2) is 26.1 Å². The maximum absolute atomic E-state index is 11.5. The Balaban J connectivity index is 3.84. The van der Waals surface area contributed by atoms with Gasteiger partial charge in [-0.25, -0.2) is 4.79 Å². The number of hydrogen-bond acceptors (Lipinski definition) is 5. The lowest BCUT2D eigenvalue weighted by atomic mass is 10.1. The number of carbonyl (C=O) groups excluding carboxylic acids is 1. The standard InChI is InChI=1S/C18H34O5P2/c1-16(2)11-10-13-17(3)12-8-6-4-5-7-9-14-18(24(20)15-19)25(21,22)23/h11-12,15,18,21-23H,4-10,13-14H2,1-3H3/q+2. The van der Waals surface area contributed by atoms with Crippen molar-refractivity contribution < 1.29 is 24.0 Å². The second kappa shape index (κ2) is 13.7. The van der Waals surface area contributed by atoms with Gasteiger partial charge in [0.15, 0.2) is 0 Å². The van der Waals surface area contributed by atoms with Crippen molar-refractivity contribution in [3.8, 4) is 0 Å². The lowest BCUT2D eigenvalue weighted by molar-refractivity contribution is 0.322. The minimum absolute atomic E-state index is 0.198. The molecular formula is C18H34O5P2+2. The fraction of sp³-hybridized carbons (Fsp3) is 0.722. The van der Waals surface area contributed by atoms with Gasteiger partial charge in [-0.3, -0.25) is 0 Å². The number of allylic oxidation sites excluding steroid dienone is 4. The molecule has 0 saturated heterocycles. The molecule has 0 aromatic carbocycles. The van der Waals surface area contributed by atoms with E-state index in [9.17, 15) is 24.0 Å². The molecule has 0 aromatic heterocycles. The second-order valence-electron chi connectivity index (χ2n) is 6.78. The number of rotatable bonds is 14. The lowest BCUT2D eigenvalue weighted by Crippen LogP contribution is -2.09. The summed E-state index contributed by atoms with van der Waals surface area (Å²) in [6, 6.07) is 0.198. The number of unbranched alkanes of at least 4 members (excludes halogenated alkanes) is 5. The van der Waals surface area contributed by atoms with E-state index in [4.69, 9.17) is 0 Å². The third-order valence-electron chi connectivity index (χ3n) is 4.05. The third kappa shape index (κ3) is 13.4. The van der Waals surface area contributed by atoms with Crippen LogP contribution >= 0.6 is 15.7 Å². The van der Waals surface area contributed by atoms with Gasteiger partial charge < -0.3 is 0 Å². The van der Waals surface area contributed by atoms with Gasteiger partial charge in [0.05, 0.1) is 0 Å². The topological polar surface area (TPSA) is 94.8 Å². The van der Waals surface area contributed by atoms with Gasteiger partial charge in [-0.1, -0.05) is 47.1 Å². The fourth-order valence-corrected chi connectivity index (χ4v) is 5.06. The summed E-state index contributed by atoms with van der Waals surface area (Å²) in [7, 11) is -6.64. The number of carbonyl (C=O) groups is 1. The highest BCUT2D eigenvalue weighted by Gasteiger charge is 2.56. The van der Waals surface area contributed by atoms with E-state index in [-0.39, 0.29) is 12.4 Å². The Morgan fingerprint density at radius 2 is 1.56 bits per heavy atom. The van der Waals surface area contributed by atoms with Gasteiger partial charge in [0.2, 0.25) is 0 Å². The highest BCUT2D eigenvalue weighted by Crippen LogP contribution is 2.60. The molecule has 0 rings (SSSR count). The SMILES string of the molecule is CC(C)=CCCC(C)=CCCCCCCCC([P+](=O)C=O)[P+](O)(O)O. The summed E-state index contributed by atoms with van der Waals surface area (Å²) in [4.78, 5) is 38.3. The van der Waals surface area contributed by atoms with Crippen molar-refractivity contribution in [1.29, 1.82) is 0 Å². The summed E-state index contributed by atoms with van der Waals surface area (Å²) in [5.74, 6) is 0. The van der Waals surface area contributed by atoms with Gasteiger partial charge in [0.25, 0.3) is 0 Å². The molecular weight excluding hydrogens is 358 g/mol. The van der Waals surface area contributed by atoms with Gasteiger partial charge >= 0.3 is 27.2 Å². The first-order valence-corrected chi connectivity index (χ1v) is 12.1. The minimum Gasteiger partial charge on any atom is -0.244 e. The largest absolute Gasteiger partial charge is 0.462 e. The van der Waals surface area contributed by atoms with Gasteiger partial charge in [-0.05, 0) is 52.9 Å². The van der Waals surface area contributed by atoms with E-state index in [1.807, 2.05) is 0 Å². The molecule has 25 heavy (non-hydrogen) atoms. The van der Waals surface area contributed by atoms with Crippen molar-refractivity contribution >= 4 is 21.8 Å². The van der Waals surface area contributed by atoms with Gasteiger partial charge in [0, 0.05) is 6.42 Å². The Morgan fingerprint density at radius 3 is 2.12 bits per heavy atom. The first-order valence-electron chi connectivity index (χ1n) is 8.95. The van der Waals surface area contributed by atoms with Crippen molar-refractivity contribution in [3.05, 3.63) is 23.3 Å². The normalized spacial score (nSPS) is 14.2. The average Bonchev–Trinajstić information content (AvgIpc) is 2.51. The molecule has 2 unspecified atom stereocenters. The summed E-state index contributed by atoms with van der Waals surface area (Å²) in [5, 5.41) is -1.20. The molecule has 7 heteroatoms. The molecule has 144 valence electrons. The van der Waals surface area contributed by atoms with Crippen molar-refractivity contribution in [3.63, 3.8) is 0 Å². The van der Waals surface area contributed by atoms with Gasteiger partial charge in [-0.15, -0.1) is 0 Å². The van der Waals surface area contributed by atoms with Crippen LogP contribution in [0, 0.1) is 0 Å². The smallest absolute Gasteiger partial charge is 0.244 e. The highest BCUT2D eigenvalue weighted by molar-refractivity contribution is 7.77. The van der Waals surface area contributed by atoms with Crippen LogP contribution in [0.15, 0.2) is 23.3 Å². The Bertz CT molecular complexity index is 463.